The lowest BCUT2D eigenvalue weighted by Crippen LogP contribution is -2.32. The van der Waals surface area contributed by atoms with E-state index in [2.05, 4.69) is 21.1 Å². The summed E-state index contributed by atoms with van der Waals surface area (Å²) in [5.74, 6) is 0. The predicted molar refractivity (Wildman–Crippen MR) is 115 cm³/mol. The molecule has 0 radical (unpaired) electrons. The van der Waals surface area contributed by atoms with E-state index in [-0.39, 0.29) is 11.4 Å². The van der Waals surface area contributed by atoms with Crippen LogP contribution in [0.3, 0.4) is 0 Å². The van der Waals surface area contributed by atoms with Gasteiger partial charge in [-0.1, -0.05) is 35.9 Å². The molecule has 0 amide bonds. The summed E-state index contributed by atoms with van der Waals surface area (Å²) in [4.78, 5) is 4.29. The van der Waals surface area contributed by atoms with Gasteiger partial charge in [0.25, 0.3) is 0 Å². The maximum atomic E-state index is 12.6. The van der Waals surface area contributed by atoms with Gasteiger partial charge in [-0.05, 0) is 36.8 Å². The topological polar surface area (TPSA) is 94.9 Å². The van der Waals surface area contributed by atoms with Crippen molar-refractivity contribution < 1.29 is 8.42 Å². The Hall–Kier alpha value is -3.05. The van der Waals surface area contributed by atoms with Crippen molar-refractivity contribution in [3.8, 4) is 6.07 Å². The molecule has 6 nitrogen and oxygen atoms in total. The molecule has 1 aromatic heterocycles. The van der Waals surface area contributed by atoms with E-state index >= 15 is 0 Å². The number of rotatable bonds is 8. The molecule has 7 heteroatoms. The van der Waals surface area contributed by atoms with Crippen molar-refractivity contribution >= 4 is 26.9 Å². The molecule has 3 rings (SSSR count). The molecule has 0 aliphatic rings. The first-order valence-electron chi connectivity index (χ1n) is 9.20. The van der Waals surface area contributed by atoms with Crippen LogP contribution in [0.1, 0.15) is 18.1 Å². The number of fused-ring (bicyclic) bond motifs is 1. The van der Waals surface area contributed by atoms with Gasteiger partial charge in [-0.25, -0.2) is 13.1 Å². The summed E-state index contributed by atoms with van der Waals surface area (Å²) in [5.41, 5.74) is 2.77. The summed E-state index contributed by atoms with van der Waals surface area (Å²) in [6.45, 7) is 3.43. The molecular formula is C22H22N4O2S. The average Bonchev–Trinajstić information content (AvgIpc) is 2.73. The normalized spacial score (nSPS) is 12.1. The molecule has 148 valence electrons. The van der Waals surface area contributed by atoms with Gasteiger partial charge in [-0.3, -0.25) is 4.98 Å². The molecular weight excluding hydrogens is 384 g/mol. The summed E-state index contributed by atoms with van der Waals surface area (Å²) >= 11 is 0. The minimum absolute atomic E-state index is 0.259. The Morgan fingerprint density at radius 1 is 1.14 bits per heavy atom. The van der Waals surface area contributed by atoms with Crippen LogP contribution >= 0.6 is 0 Å². The molecule has 0 spiro atoms. The molecule has 3 aromatic rings. The summed E-state index contributed by atoms with van der Waals surface area (Å²) in [6, 6.07) is 16.3. The van der Waals surface area contributed by atoms with Crippen LogP contribution < -0.4 is 10.0 Å². The molecule has 1 heterocycles. The Balaban J connectivity index is 1.52. The molecule has 2 aromatic carbocycles. The van der Waals surface area contributed by atoms with Gasteiger partial charge in [0.05, 0.1) is 16.5 Å². The molecule has 29 heavy (non-hydrogen) atoms. The van der Waals surface area contributed by atoms with Gasteiger partial charge >= 0.3 is 0 Å². The maximum Gasteiger partial charge on any atom is 0.241 e. The number of hydrogen-bond donors (Lipinski definition) is 2. The zero-order valence-electron chi connectivity index (χ0n) is 16.1. The van der Waals surface area contributed by atoms with Gasteiger partial charge in [0.15, 0.2) is 0 Å². The van der Waals surface area contributed by atoms with Gasteiger partial charge < -0.3 is 5.32 Å². The molecule has 0 fully saturated rings. The summed E-state index contributed by atoms with van der Waals surface area (Å²) in [7, 11) is -3.60. The number of pyridine rings is 1. The van der Waals surface area contributed by atoms with E-state index in [0.717, 1.165) is 16.5 Å². The van der Waals surface area contributed by atoms with Crippen LogP contribution in [-0.2, 0) is 10.0 Å². The highest BCUT2D eigenvalue weighted by atomic mass is 32.2. The minimum atomic E-state index is -3.60. The van der Waals surface area contributed by atoms with E-state index in [9.17, 15) is 8.42 Å². The molecule has 0 aliphatic heterocycles. The van der Waals surface area contributed by atoms with Crippen LogP contribution in [0.25, 0.3) is 16.8 Å². The fourth-order valence-corrected chi connectivity index (χ4v) is 4.21. The lowest BCUT2D eigenvalue weighted by atomic mass is 10.1. The first-order valence-corrected chi connectivity index (χ1v) is 10.7. The number of sulfonamides is 1. The summed E-state index contributed by atoms with van der Waals surface area (Å²) in [5, 5.41) is 13.5. The van der Waals surface area contributed by atoms with E-state index in [1.165, 1.54) is 0 Å². The Labute approximate surface area is 171 Å². The summed E-state index contributed by atoms with van der Waals surface area (Å²) in [6.07, 6.45) is 5.27. The van der Waals surface area contributed by atoms with Crippen molar-refractivity contribution in [3.63, 3.8) is 0 Å². The zero-order chi connectivity index (χ0) is 20.7. The van der Waals surface area contributed by atoms with E-state index in [4.69, 9.17) is 5.26 Å². The van der Waals surface area contributed by atoms with E-state index in [0.29, 0.717) is 24.0 Å². The third-order valence-corrected chi connectivity index (χ3v) is 5.90. The lowest BCUT2D eigenvalue weighted by molar-refractivity contribution is 0.579. The Morgan fingerprint density at radius 2 is 1.93 bits per heavy atom. The van der Waals surface area contributed by atoms with E-state index in [1.54, 1.807) is 42.7 Å². The Kier molecular flexibility index (Phi) is 6.73. The Bertz CT molecular complexity index is 1160. The van der Waals surface area contributed by atoms with Crippen LogP contribution in [0.15, 0.2) is 71.4 Å². The molecule has 2 N–H and O–H groups in total. The molecule has 0 saturated heterocycles. The van der Waals surface area contributed by atoms with Gasteiger partial charge in [-0.15, -0.1) is 0 Å². The second-order valence-electron chi connectivity index (χ2n) is 6.65. The quantitative estimate of drug-likeness (QED) is 0.561. The maximum absolute atomic E-state index is 12.6. The number of aromatic nitrogens is 1. The fourth-order valence-electron chi connectivity index (χ4n) is 2.95. The van der Waals surface area contributed by atoms with Crippen LogP contribution in [0, 0.1) is 11.3 Å². The van der Waals surface area contributed by atoms with Crippen molar-refractivity contribution in [1.29, 1.82) is 5.26 Å². The molecule has 0 bridgehead atoms. The number of nitrogens with one attached hydrogen (secondary N) is 2. The predicted octanol–water partition coefficient (Wildman–Crippen LogP) is 3.08. The van der Waals surface area contributed by atoms with Crippen LogP contribution in [0.5, 0.6) is 0 Å². The van der Waals surface area contributed by atoms with Crippen molar-refractivity contribution in [2.24, 2.45) is 0 Å². The van der Waals surface area contributed by atoms with Crippen molar-refractivity contribution in [2.45, 2.75) is 11.8 Å². The highest BCUT2D eigenvalue weighted by Crippen LogP contribution is 2.21. The standard InChI is InChI=1S/C22H22N4O2S/c1-17(13-18-5-7-19(14-23)8-6-18)15-25-11-12-26-29(27,28)22-4-2-3-20-16-24-10-9-21(20)22/h2-10,13,16,25-26H,11-12,15H2,1H3/b17-13+. The molecule has 0 atom stereocenters. The van der Waals surface area contributed by atoms with E-state index < -0.39 is 10.0 Å². The number of benzene rings is 2. The van der Waals surface area contributed by atoms with Crippen molar-refractivity contribution in [1.82, 2.24) is 15.0 Å². The average molecular weight is 407 g/mol. The van der Waals surface area contributed by atoms with Gasteiger partial charge in [-0.2, -0.15) is 5.26 Å². The molecule has 0 unspecified atom stereocenters. The SMILES string of the molecule is C/C(=C\c1ccc(C#N)cc1)CNCCNS(=O)(=O)c1cccc2cnccc12. The van der Waals surface area contributed by atoms with Gasteiger partial charge in [0, 0.05) is 42.8 Å². The first kappa shape index (κ1) is 20.7. The molecule has 0 saturated carbocycles. The zero-order valence-corrected chi connectivity index (χ0v) is 16.9. The highest BCUT2D eigenvalue weighted by Gasteiger charge is 2.16. The first-order chi connectivity index (χ1) is 14.0. The van der Waals surface area contributed by atoms with Gasteiger partial charge in [0.1, 0.15) is 0 Å². The van der Waals surface area contributed by atoms with Crippen molar-refractivity contribution in [3.05, 3.63) is 77.6 Å². The number of nitriles is 1. The third-order valence-electron chi connectivity index (χ3n) is 4.38. The second kappa shape index (κ2) is 9.43. The highest BCUT2D eigenvalue weighted by molar-refractivity contribution is 7.89. The van der Waals surface area contributed by atoms with Crippen molar-refractivity contribution in [2.75, 3.05) is 19.6 Å². The fraction of sp³-hybridized carbons (Fsp3) is 0.182. The lowest BCUT2D eigenvalue weighted by Gasteiger charge is -2.10. The Morgan fingerprint density at radius 3 is 2.69 bits per heavy atom. The van der Waals surface area contributed by atoms with E-state index in [1.807, 2.05) is 31.2 Å². The number of nitrogens with zero attached hydrogens (tertiary/aromatic N) is 2. The van der Waals surface area contributed by atoms with Crippen LogP contribution in [0.4, 0.5) is 0 Å². The monoisotopic (exact) mass is 406 g/mol. The summed E-state index contributed by atoms with van der Waals surface area (Å²) < 4.78 is 27.9. The molecule has 0 aliphatic carbocycles. The smallest absolute Gasteiger partial charge is 0.241 e. The minimum Gasteiger partial charge on any atom is -0.312 e. The van der Waals surface area contributed by atoms with Crippen LogP contribution in [-0.4, -0.2) is 33.0 Å². The van der Waals surface area contributed by atoms with Gasteiger partial charge in [0.2, 0.25) is 10.0 Å². The van der Waals surface area contributed by atoms with Crippen LogP contribution in [0.2, 0.25) is 0 Å². The largest absolute Gasteiger partial charge is 0.312 e. The number of hydrogen-bond acceptors (Lipinski definition) is 5. The third kappa shape index (κ3) is 5.48. The second-order valence-corrected chi connectivity index (χ2v) is 8.39.